The van der Waals surface area contributed by atoms with E-state index in [1.807, 2.05) is 6.07 Å². The summed E-state index contributed by atoms with van der Waals surface area (Å²) in [5, 5.41) is 9.90. The zero-order valence-corrected chi connectivity index (χ0v) is 16.5. The number of nitrogens with one attached hydrogen (secondary N) is 2. The smallest absolute Gasteiger partial charge is 0.191 e. The molecule has 2 rings (SSSR count). The highest BCUT2D eigenvalue weighted by atomic mass is 32.1. The van der Waals surface area contributed by atoms with Crippen molar-refractivity contribution in [2.75, 3.05) is 13.7 Å². The highest BCUT2D eigenvalue weighted by molar-refractivity contribution is 7.09. The Morgan fingerprint density at radius 3 is 2.76 bits per heavy atom. The van der Waals surface area contributed by atoms with E-state index in [9.17, 15) is 0 Å². The van der Waals surface area contributed by atoms with E-state index in [0.29, 0.717) is 19.0 Å². The van der Waals surface area contributed by atoms with Gasteiger partial charge < -0.3 is 15.4 Å². The molecule has 0 spiro atoms. The van der Waals surface area contributed by atoms with Crippen LogP contribution in [0.2, 0.25) is 0 Å². The minimum absolute atomic E-state index is 0.467. The molecule has 136 valence electrons. The van der Waals surface area contributed by atoms with Crippen LogP contribution in [0.25, 0.3) is 0 Å². The molecule has 5 nitrogen and oxygen atoms in total. The lowest BCUT2D eigenvalue weighted by atomic mass is 10.1. The first kappa shape index (κ1) is 19.2. The summed E-state index contributed by atoms with van der Waals surface area (Å²) in [6, 6.07) is 6.18. The Hall–Kier alpha value is -2.08. The maximum absolute atomic E-state index is 5.45. The lowest BCUT2D eigenvalue weighted by Crippen LogP contribution is -2.36. The first-order valence-electron chi connectivity index (χ1n) is 8.63. The van der Waals surface area contributed by atoms with Crippen molar-refractivity contribution < 1.29 is 4.74 Å². The number of aromatic nitrogens is 1. The highest BCUT2D eigenvalue weighted by Gasteiger charge is 2.07. The quantitative estimate of drug-likeness (QED) is 0.582. The van der Waals surface area contributed by atoms with Crippen molar-refractivity contribution in [3.63, 3.8) is 0 Å². The predicted molar refractivity (Wildman–Crippen MR) is 106 cm³/mol. The van der Waals surface area contributed by atoms with Gasteiger partial charge in [0.05, 0.1) is 30.9 Å². The third-order valence-electron chi connectivity index (χ3n) is 3.69. The third-order valence-corrected chi connectivity index (χ3v) is 4.89. The SMILES string of the molecule is CCNC(=NCc1ccc(C)cc1OC)NCc1csc(C(C)C)n1. The lowest BCUT2D eigenvalue weighted by Gasteiger charge is -2.12. The van der Waals surface area contributed by atoms with Gasteiger partial charge in [-0.15, -0.1) is 11.3 Å². The van der Waals surface area contributed by atoms with Crippen LogP contribution >= 0.6 is 11.3 Å². The van der Waals surface area contributed by atoms with Crippen LogP contribution in [0, 0.1) is 6.92 Å². The van der Waals surface area contributed by atoms with Crippen molar-refractivity contribution in [3.05, 3.63) is 45.4 Å². The molecule has 1 aromatic carbocycles. The first-order chi connectivity index (χ1) is 12.0. The zero-order chi connectivity index (χ0) is 18.2. The average Bonchev–Trinajstić information content (AvgIpc) is 3.07. The molecular weight excluding hydrogens is 332 g/mol. The van der Waals surface area contributed by atoms with Crippen molar-refractivity contribution in [2.45, 2.75) is 46.7 Å². The van der Waals surface area contributed by atoms with Gasteiger partial charge in [0, 0.05) is 23.4 Å². The Kier molecular flexibility index (Phi) is 7.25. The summed E-state index contributed by atoms with van der Waals surface area (Å²) in [6.45, 7) is 10.5. The van der Waals surface area contributed by atoms with Gasteiger partial charge in [0.1, 0.15) is 5.75 Å². The second kappa shape index (κ2) is 9.42. The molecule has 0 amide bonds. The van der Waals surface area contributed by atoms with Gasteiger partial charge in [-0.1, -0.05) is 26.0 Å². The number of nitrogens with zero attached hydrogens (tertiary/aromatic N) is 2. The lowest BCUT2D eigenvalue weighted by molar-refractivity contribution is 0.409. The topological polar surface area (TPSA) is 58.5 Å². The number of thiazole rings is 1. The molecule has 1 aromatic heterocycles. The molecule has 2 N–H and O–H groups in total. The molecule has 2 aromatic rings. The number of benzene rings is 1. The van der Waals surface area contributed by atoms with E-state index < -0.39 is 0 Å². The van der Waals surface area contributed by atoms with Gasteiger partial charge in [0.25, 0.3) is 0 Å². The minimum Gasteiger partial charge on any atom is -0.496 e. The summed E-state index contributed by atoms with van der Waals surface area (Å²) in [4.78, 5) is 9.32. The van der Waals surface area contributed by atoms with Crippen molar-refractivity contribution in [1.82, 2.24) is 15.6 Å². The van der Waals surface area contributed by atoms with E-state index in [0.717, 1.165) is 29.5 Å². The van der Waals surface area contributed by atoms with E-state index in [4.69, 9.17) is 4.74 Å². The van der Waals surface area contributed by atoms with E-state index in [2.05, 4.69) is 65.8 Å². The van der Waals surface area contributed by atoms with Gasteiger partial charge in [-0.05, 0) is 25.5 Å². The van der Waals surface area contributed by atoms with Crippen LogP contribution in [0.4, 0.5) is 0 Å². The summed E-state index contributed by atoms with van der Waals surface area (Å²) in [6.07, 6.45) is 0. The monoisotopic (exact) mass is 360 g/mol. The number of aryl methyl sites for hydroxylation is 1. The summed E-state index contributed by atoms with van der Waals surface area (Å²) < 4.78 is 5.45. The third kappa shape index (κ3) is 5.74. The first-order valence-corrected chi connectivity index (χ1v) is 9.51. The Balaban J connectivity index is 2.02. The maximum atomic E-state index is 5.45. The average molecular weight is 361 g/mol. The zero-order valence-electron chi connectivity index (χ0n) is 15.7. The molecule has 0 saturated heterocycles. The van der Waals surface area contributed by atoms with Gasteiger partial charge in [0.2, 0.25) is 0 Å². The molecule has 0 unspecified atom stereocenters. The summed E-state index contributed by atoms with van der Waals surface area (Å²) >= 11 is 1.71. The predicted octanol–water partition coefficient (Wildman–Crippen LogP) is 3.84. The maximum Gasteiger partial charge on any atom is 0.191 e. The van der Waals surface area contributed by atoms with Crippen LogP contribution in [0.1, 0.15) is 48.5 Å². The number of hydrogen-bond acceptors (Lipinski definition) is 4. The molecular formula is C19H28N4OS. The molecule has 0 saturated carbocycles. The number of ether oxygens (including phenoxy) is 1. The van der Waals surface area contributed by atoms with E-state index >= 15 is 0 Å². The molecule has 25 heavy (non-hydrogen) atoms. The van der Waals surface area contributed by atoms with Crippen LogP contribution in [0.3, 0.4) is 0 Å². The van der Waals surface area contributed by atoms with E-state index in [1.165, 1.54) is 10.6 Å². The summed E-state index contributed by atoms with van der Waals surface area (Å²) in [7, 11) is 1.69. The molecule has 0 atom stereocenters. The van der Waals surface area contributed by atoms with Gasteiger partial charge in [0.15, 0.2) is 5.96 Å². The molecule has 0 radical (unpaired) electrons. The van der Waals surface area contributed by atoms with Gasteiger partial charge in [-0.25, -0.2) is 9.98 Å². The van der Waals surface area contributed by atoms with Crippen molar-refractivity contribution in [2.24, 2.45) is 4.99 Å². The molecule has 0 aliphatic rings. The number of rotatable bonds is 7. The number of aliphatic imine (C=N–C) groups is 1. The molecule has 0 bridgehead atoms. The summed E-state index contributed by atoms with van der Waals surface area (Å²) in [5.41, 5.74) is 3.30. The second-order valence-corrected chi connectivity index (χ2v) is 7.09. The Morgan fingerprint density at radius 2 is 2.12 bits per heavy atom. The normalized spacial score (nSPS) is 11.7. The largest absolute Gasteiger partial charge is 0.496 e. The molecule has 0 fully saturated rings. The molecule has 0 aliphatic carbocycles. The van der Waals surface area contributed by atoms with Crippen molar-refractivity contribution >= 4 is 17.3 Å². The van der Waals surface area contributed by atoms with Gasteiger partial charge >= 0.3 is 0 Å². The van der Waals surface area contributed by atoms with Crippen LogP contribution in [-0.4, -0.2) is 24.6 Å². The van der Waals surface area contributed by atoms with E-state index in [1.54, 1.807) is 18.4 Å². The van der Waals surface area contributed by atoms with Crippen molar-refractivity contribution in [1.29, 1.82) is 0 Å². The Labute approximate surface area is 154 Å². The van der Waals surface area contributed by atoms with Crippen LogP contribution < -0.4 is 15.4 Å². The van der Waals surface area contributed by atoms with Gasteiger partial charge in [-0.2, -0.15) is 0 Å². The fourth-order valence-electron chi connectivity index (χ4n) is 2.33. The molecule has 0 aliphatic heterocycles. The van der Waals surface area contributed by atoms with Gasteiger partial charge in [-0.3, -0.25) is 0 Å². The molecule has 1 heterocycles. The standard InChI is InChI=1S/C19H28N4OS/c1-6-20-19(22-11-16-12-25-18(23-16)13(2)3)21-10-15-8-7-14(4)9-17(15)24-5/h7-9,12-13H,6,10-11H2,1-5H3,(H2,20,21,22). The van der Waals surface area contributed by atoms with Crippen LogP contribution in [-0.2, 0) is 13.1 Å². The summed E-state index contributed by atoms with van der Waals surface area (Å²) in [5.74, 6) is 2.12. The second-order valence-electron chi connectivity index (χ2n) is 6.20. The fraction of sp³-hybridized carbons (Fsp3) is 0.474. The number of hydrogen-bond donors (Lipinski definition) is 2. The van der Waals surface area contributed by atoms with E-state index in [-0.39, 0.29) is 0 Å². The van der Waals surface area contributed by atoms with Crippen molar-refractivity contribution in [3.8, 4) is 5.75 Å². The van der Waals surface area contributed by atoms with Crippen LogP contribution in [0.15, 0.2) is 28.6 Å². The highest BCUT2D eigenvalue weighted by Crippen LogP contribution is 2.21. The Bertz CT molecular complexity index is 709. The Morgan fingerprint density at radius 1 is 1.32 bits per heavy atom. The minimum atomic E-state index is 0.467. The number of guanidine groups is 1. The fourth-order valence-corrected chi connectivity index (χ4v) is 3.17. The van der Waals surface area contributed by atoms with Crippen LogP contribution in [0.5, 0.6) is 5.75 Å². The molecule has 6 heteroatoms. The number of methoxy groups -OCH3 is 1.